The monoisotopic (exact) mass is 518 g/mol. The number of carbonyl (C=O) groups excluding carboxylic acids is 3. The summed E-state index contributed by atoms with van der Waals surface area (Å²) >= 11 is 0. The third-order valence-electron chi connectivity index (χ3n) is 5.92. The average molecular weight is 519 g/mol. The van der Waals surface area contributed by atoms with Crippen molar-refractivity contribution in [3.05, 3.63) is 95.4 Å². The Balaban J connectivity index is 2.13. The van der Waals surface area contributed by atoms with Crippen molar-refractivity contribution in [3.8, 4) is 17.2 Å². The number of allylic oxidation sites excluding steroid dienone is 1. The number of rotatable bonds is 8. The number of hydrogen-bond donors (Lipinski definition) is 0. The molecule has 0 atom stereocenters. The molecule has 3 rings (SSSR count). The highest BCUT2D eigenvalue weighted by Gasteiger charge is 2.21. The van der Waals surface area contributed by atoms with Gasteiger partial charge in [0, 0.05) is 16.7 Å². The van der Waals surface area contributed by atoms with Crippen LogP contribution in [0.25, 0.3) is 5.57 Å². The van der Waals surface area contributed by atoms with E-state index in [2.05, 4.69) is 19.7 Å². The normalized spacial score (nSPS) is 12.8. The van der Waals surface area contributed by atoms with Crippen molar-refractivity contribution in [3.63, 3.8) is 0 Å². The van der Waals surface area contributed by atoms with Crippen molar-refractivity contribution in [2.45, 2.75) is 52.9 Å². The van der Waals surface area contributed by atoms with Gasteiger partial charge in [-0.15, -0.1) is 0 Å². The fraction of sp³-hybridized carbons (Fsp3) is 0.258. The van der Waals surface area contributed by atoms with Gasteiger partial charge in [0.1, 0.15) is 0 Å². The number of hydrogen-bond acceptors (Lipinski definition) is 6. The number of halogens is 1. The van der Waals surface area contributed by atoms with Gasteiger partial charge in [-0.25, -0.2) is 18.8 Å². The highest BCUT2D eigenvalue weighted by atomic mass is 19.1. The van der Waals surface area contributed by atoms with E-state index < -0.39 is 23.7 Å². The molecule has 0 heterocycles. The van der Waals surface area contributed by atoms with Gasteiger partial charge in [-0.1, -0.05) is 43.9 Å². The Morgan fingerprint density at radius 1 is 0.658 bits per heavy atom. The minimum atomic E-state index is -0.716. The second kappa shape index (κ2) is 12.3. The number of carbonyl (C=O) groups is 3. The Morgan fingerprint density at radius 3 is 1.61 bits per heavy atom. The highest BCUT2D eigenvalue weighted by Crippen LogP contribution is 2.40. The van der Waals surface area contributed by atoms with Crippen LogP contribution < -0.4 is 14.2 Å². The van der Waals surface area contributed by atoms with Crippen molar-refractivity contribution in [1.29, 1.82) is 0 Å². The van der Waals surface area contributed by atoms with Crippen molar-refractivity contribution < 1.29 is 33.0 Å². The quantitative estimate of drug-likeness (QED) is 0.212. The lowest BCUT2D eigenvalue weighted by molar-refractivity contribution is -0.132. The first-order chi connectivity index (χ1) is 18.0. The summed E-state index contributed by atoms with van der Waals surface area (Å²) in [4.78, 5) is 36.4. The minimum Gasteiger partial charge on any atom is -0.420 e. The number of ether oxygens (including phenoxy) is 3. The first kappa shape index (κ1) is 28.3. The van der Waals surface area contributed by atoms with E-state index in [0.717, 1.165) is 43.3 Å². The Kier molecular flexibility index (Phi) is 9.18. The van der Waals surface area contributed by atoms with Crippen molar-refractivity contribution >= 4 is 23.5 Å². The lowest BCUT2D eigenvalue weighted by Crippen LogP contribution is -2.13. The Labute approximate surface area is 222 Å². The van der Waals surface area contributed by atoms with E-state index in [1.807, 2.05) is 0 Å². The molecule has 0 radical (unpaired) electrons. The molecule has 38 heavy (non-hydrogen) atoms. The fourth-order valence-electron chi connectivity index (χ4n) is 3.93. The van der Waals surface area contributed by atoms with Crippen molar-refractivity contribution in [2.24, 2.45) is 0 Å². The summed E-state index contributed by atoms with van der Waals surface area (Å²) in [7, 11) is 0. The van der Waals surface area contributed by atoms with Gasteiger partial charge in [0.2, 0.25) is 0 Å². The molecule has 0 aromatic heterocycles. The molecule has 7 heteroatoms. The van der Waals surface area contributed by atoms with Crippen LogP contribution in [0.15, 0.2) is 78.4 Å². The van der Waals surface area contributed by atoms with Crippen LogP contribution in [0.3, 0.4) is 0 Å². The van der Waals surface area contributed by atoms with Crippen LogP contribution >= 0.6 is 0 Å². The zero-order chi connectivity index (χ0) is 28.0. The van der Waals surface area contributed by atoms with Crippen LogP contribution in [-0.4, -0.2) is 17.9 Å². The molecular weight excluding hydrogens is 487 g/mol. The standard InChI is InChI=1S/C31H31FO6/c1-18(2)29(33)36-25-14-12-22(16-24(25)32)28(21-10-8-7-9-11-21)23-13-15-26(37-30(34)19(3)4)27(17-23)38-31(35)20(5)6/h12-17H,1,3,5,7-11H2,2,4,6H3. The summed E-state index contributed by atoms with van der Waals surface area (Å²) < 4.78 is 31.1. The smallest absolute Gasteiger partial charge is 0.338 e. The van der Waals surface area contributed by atoms with E-state index in [9.17, 15) is 14.4 Å². The van der Waals surface area contributed by atoms with Gasteiger partial charge < -0.3 is 14.2 Å². The number of esters is 3. The predicted octanol–water partition coefficient (Wildman–Crippen LogP) is 7.04. The van der Waals surface area contributed by atoms with E-state index in [4.69, 9.17) is 14.2 Å². The summed E-state index contributed by atoms with van der Waals surface area (Å²) in [6.45, 7) is 15.2. The zero-order valence-corrected chi connectivity index (χ0v) is 21.9. The van der Waals surface area contributed by atoms with Gasteiger partial charge in [0.15, 0.2) is 23.1 Å². The highest BCUT2D eigenvalue weighted by molar-refractivity contribution is 5.92. The Bertz CT molecular complexity index is 1360. The van der Waals surface area contributed by atoms with Gasteiger partial charge >= 0.3 is 17.9 Å². The lowest BCUT2D eigenvalue weighted by atomic mass is 9.85. The number of benzene rings is 2. The summed E-state index contributed by atoms with van der Waals surface area (Å²) in [6, 6.07) is 9.23. The Hall–Kier alpha value is -4.26. The second-order valence-corrected chi connectivity index (χ2v) is 9.36. The molecule has 0 amide bonds. The maximum absolute atomic E-state index is 15.1. The third kappa shape index (κ3) is 6.94. The molecule has 2 aromatic carbocycles. The van der Waals surface area contributed by atoms with Crippen LogP contribution in [0.4, 0.5) is 4.39 Å². The fourth-order valence-corrected chi connectivity index (χ4v) is 3.93. The first-order valence-electron chi connectivity index (χ1n) is 12.3. The van der Waals surface area contributed by atoms with Gasteiger partial charge in [-0.2, -0.15) is 0 Å². The van der Waals surface area contributed by atoms with E-state index in [-0.39, 0.29) is 34.0 Å². The minimum absolute atomic E-state index is 0.0199. The predicted molar refractivity (Wildman–Crippen MR) is 143 cm³/mol. The summed E-state index contributed by atoms with van der Waals surface area (Å²) in [6.07, 6.45) is 4.70. The van der Waals surface area contributed by atoms with Crippen LogP contribution in [0.2, 0.25) is 0 Å². The van der Waals surface area contributed by atoms with E-state index in [0.29, 0.717) is 11.1 Å². The van der Waals surface area contributed by atoms with Crippen LogP contribution in [0.1, 0.15) is 64.0 Å². The van der Waals surface area contributed by atoms with E-state index in [1.165, 1.54) is 39.0 Å². The molecule has 0 unspecified atom stereocenters. The molecular formula is C31H31FO6. The molecule has 0 saturated heterocycles. The zero-order valence-electron chi connectivity index (χ0n) is 21.9. The molecule has 0 aliphatic heterocycles. The van der Waals surface area contributed by atoms with Gasteiger partial charge in [-0.05, 0) is 87.4 Å². The first-order valence-corrected chi connectivity index (χ1v) is 12.3. The molecule has 0 spiro atoms. The van der Waals surface area contributed by atoms with Gasteiger partial charge in [0.05, 0.1) is 0 Å². The Morgan fingerprint density at radius 2 is 1.11 bits per heavy atom. The van der Waals surface area contributed by atoms with Crippen LogP contribution in [-0.2, 0) is 14.4 Å². The summed E-state index contributed by atoms with van der Waals surface area (Å²) in [5.74, 6) is -2.91. The average Bonchev–Trinajstić information content (AvgIpc) is 2.87. The van der Waals surface area contributed by atoms with E-state index in [1.54, 1.807) is 18.2 Å². The molecule has 0 bridgehead atoms. The van der Waals surface area contributed by atoms with E-state index >= 15 is 4.39 Å². The molecule has 2 aromatic rings. The molecule has 198 valence electrons. The maximum Gasteiger partial charge on any atom is 0.338 e. The van der Waals surface area contributed by atoms with Crippen LogP contribution in [0, 0.1) is 5.82 Å². The summed E-state index contributed by atoms with van der Waals surface area (Å²) in [5.41, 5.74) is 3.60. The molecule has 0 N–H and O–H groups in total. The van der Waals surface area contributed by atoms with Crippen molar-refractivity contribution in [1.82, 2.24) is 0 Å². The largest absolute Gasteiger partial charge is 0.420 e. The lowest BCUT2D eigenvalue weighted by Gasteiger charge is -2.21. The molecule has 1 fully saturated rings. The molecule has 1 saturated carbocycles. The summed E-state index contributed by atoms with van der Waals surface area (Å²) in [5, 5.41) is 0. The SMILES string of the molecule is C=C(C)C(=O)Oc1ccc(C(=C2CCCCC2)c2ccc(OC(=O)C(=C)C)c(OC(=O)C(=C)C)c2)cc1F. The molecule has 1 aliphatic rings. The van der Waals surface area contributed by atoms with Gasteiger partial charge in [-0.3, -0.25) is 0 Å². The molecule has 6 nitrogen and oxygen atoms in total. The third-order valence-corrected chi connectivity index (χ3v) is 5.92. The molecule has 1 aliphatic carbocycles. The second-order valence-electron chi connectivity index (χ2n) is 9.36. The van der Waals surface area contributed by atoms with Crippen LogP contribution in [0.5, 0.6) is 17.2 Å². The topological polar surface area (TPSA) is 78.9 Å². The van der Waals surface area contributed by atoms with Crippen molar-refractivity contribution in [2.75, 3.05) is 0 Å². The van der Waals surface area contributed by atoms with Gasteiger partial charge in [0.25, 0.3) is 0 Å². The maximum atomic E-state index is 15.1.